The topological polar surface area (TPSA) is 54.9 Å². The largest absolute Gasteiger partial charge is 0.367 e. The molecule has 2 aromatic rings. The maximum Gasteiger partial charge on any atom is 0.161 e. The second-order valence-corrected chi connectivity index (χ2v) is 5.27. The molecular formula is C16H17N3O. The van der Waals surface area contributed by atoms with Crippen LogP contribution >= 0.6 is 0 Å². The van der Waals surface area contributed by atoms with E-state index < -0.39 is 0 Å². The summed E-state index contributed by atoms with van der Waals surface area (Å²) in [5, 5.41) is 3.39. The van der Waals surface area contributed by atoms with Crippen LogP contribution in [0.4, 0.5) is 5.82 Å². The highest BCUT2D eigenvalue weighted by atomic mass is 16.1. The summed E-state index contributed by atoms with van der Waals surface area (Å²) in [6.45, 7) is 3.52. The van der Waals surface area contributed by atoms with E-state index in [1.165, 1.54) is 12.8 Å². The summed E-state index contributed by atoms with van der Waals surface area (Å²) < 4.78 is 0. The number of anilines is 1. The Balaban J connectivity index is 1.97. The van der Waals surface area contributed by atoms with Crippen LogP contribution in [-0.4, -0.2) is 21.8 Å². The first-order valence-corrected chi connectivity index (χ1v) is 6.85. The molecule has 0 atom stereocenters. The van der Waals surface area contributed by atoms with Crippen LogP contribution in [0.25, 0.3) is 11.4 Å². The standard InChI is InChI=1S/C16H17N3O/c1-10-8-15(18-14-6-7-14)19-16(17-10)13-5-3-4-12(9-13)11(2)20/h3-5,8-9,14H,6-7H2,1-2H3,(H,17,18,19). The molecule has 1 aliphatic rings. The van der Waals surface area contributed by atoms with Crippen molar-refractivity contribution >= 4 is 11.6 Å². The molecule has 0 radical (unpaired) electrons. The lowest BCUT2D eigenvalue weighted by Crippen LogP contribution is -2.05. The zero-order valence-electron chi connectivity index (χ0n) is 11.7. The Morgan fingerprint density at radius 1 is 1.25 bits per heavy atom. The smallest absolute Gasteiger partial charge is 0.161 e. The molecule has 4 heteroatoms. The highest BCUT2D eigenvalue weighted by Crippen LogP contribution is 2.25. The SMILES string of the molecule is CC(=O)c1cccc(-c2nc(C)cc(NC3CC3)n2)c1. The molecule has 102 valence electrons. The number of carbonyl (C=O) groups excluding carboxylic acids is 1. The monoisotopic (exact) mass is 267 g/mol. The second kappa shape index (κ2) is 5.04. The minimum atomic E-state index is 0.0517. The average Bonchev–Trinajstić information content (AvgIpc) is 3.22. The van der Waals surface area contributed by atoms with E-state index in [1.54, 1.807) is 6.92 Å². The van der Waals surface area contributed by atoms with Gasteiger partial charge in [0, 0.05) is 28.9 Å². The van der Waals surface area contributed by atoms with Gasteiger partial charge in [0.05, 0.1) is 0 Å². The Hall–Kier alpha value is -2.23. The van der Waals surface area contributed by atoms with Gasteiger partial charge in [0.1, 0.15) is 5.82 Å². The van der Waals surface area contributed by atoms with Crippen molar-refractivity contribution in [3.05, 3.63) is 41.6 Å². The van der Waals surface area contributed by atoms with Crippen LogP contribution in [0.1, 0.15) is 35.8 Å². The number of ketones is 1. The van der Waals surface area contributed by atoms with Crippen LogP contribution in [0, 0.1) is 6.92 Å². The number of nitrogens with zero attached hydrogens (tertiary/aromatic N) is 2. The number of nitrogens with one attached hydrogen (secondary N) is 1. The van der Waals surface area contributed by atoms with Crippen molar-refractivity contribution in [3.8, 4) is 11.4 Å². The number of hydrogen-bond acceptors (Lipinski definition) is 4. The number of aryl methyl sites for hydroxylation is 1. The van der Waals surface area contributed by atoms with Crippen LogP contribution in [0.15, 0.2) is 30.3 Å². The fourth-order valence-electron chi connectivity index (χ4n) is 2.09. The van der Waals surface area contributed by atoms with Crippen LogP contribution < -0.4 is 5.32 Å². The Morgan fingerprint density at radius 2 is 2.05 bits per heavy atom. The number of benzene rings is 1. The molecule has 1 aliphatic carbocycles. The summed E-state index contributed by atoms with van der Waals surface area (Å²) in [6.07, 6.45) is 2.41. The molecule has 1 aromatic carbocycles. The van der Waals surface area contributed by atoms with E-state index in [-0.39, 0.29) is 5.78 Å². The first-order chi connectivity index (χ1) is 9.61. The summed E-state index contributed by atoms with van der Waals surface area (Å²) in [4.78, 5) is 20.5. The lowest BCUT2D eigenvalue weighted by atomic mass is 10.1. The molecule has 0 unspecified atom stereocenters. The van der Waals surface area contributed by atoms with Gasteiger partial charge in [-0.05, 0) is 32.8 Å². The van der Waals surface area contributed by atoms with Gasteiger partial charge in [0.25, 0.3) is 0 Å². The maximum atomic E-state index is 11.5. The highest BCUT2D eigenvalue weighted by Gasteiger charge is 2.21. The number of aromatic nitrogens is 2. The van der Waals surface area contributed by atoms with E-state index in [0.29, 0.717) is 17.4 Å². The van der Waals surface area contributed by atoms with Crippen molar-refractivity contribution in [3.63, 3.8) is 0 Å². The van der Waals surface area contributed by atoms with Gasteiger partial charge in [-0.1, -0.05) is 18.2 Å². The molecule has 1 heterocycles. The normalized spacial score (nSPS) is 14.1. The molecule has 0 bridgehead atoms. The summed E-state index contributed by atoms with van der Waals surface area (Å²) in [5.41, 5.74) is 2.48. The van der Waals surface area contributed by atoms with Crippen molar-refractivity contribution in [2.75, 3.05) is 5.32 Å². The Bertz CT molecular complexity index is 663. The lowest BCUT2D eigenvalue weighted by molar-refractivity contribution is 0.101. The first-order valence-electron chi connectivity index (χ1n) is 6.85. The third-order valence-corrected chi connectivity index (χ3v) is 3.31. The van der Waals surface area contributed by atoms with Gasteiger partial charge in [-0.25, -0.2) is 9.97 Å². The van der Waals surface area contributed by atoms with Crippen molar-refractivity contribution in [2.45, 2.75) is 32.7 Å². The van der Waals surface area contributed by atoms with E-state index in [4.69, 9.17) is 0 Å². The summed E-state index contributed by atoms with van der Waals surface area (Å²) in [5.74, 6) is 1.58. The number of rotatable bonds is 4. The van der Waals surface area contributed by atoms with Crippen molar-refractivity contribution in [1.82, 2.24) is 9.97 Å². The number of carbonyl (C=O) groups is 1. The van der Waals surface area contributed by atoms with Crippen molar-refractivity contribution in [2.24, 2.45) is 0 Å². The van der Waals surface area contributed by atoms with E-state index in [1.807, 2.05) is 37.3 Å². The zero-order valence-corrected chi connectivity index (χ0v) is 11.7. The minimum absolute atomic E-state index is 0.0517. The average molecular weight is 267 g/mol. The van der Waals surface area contributed by atoms with Gasteiger partial charge >= 0.3 is 0 Å². The molecule has 0 amide bonds. The van der Waals surface area contributed by atoms with Gasteiger partial charge in [0.2, 0.25) is 0 Å². The van der Waals surface area contributed by atoms with E-state index in [2.05, 4.69) is 15.3 Å². The van der Waals surface area contributed by atoms with Gasteiger partial charge in [-0.2, -0.15) is 0 Å². The molecule has 0 saturated heterocycles. The predicted octanol–water partition coefficient (Wildman–Crippen LogP) is 3.23. The summed E-state index contributed by atoms with van der Waals surface area (Å²) >= 11 is 0. The van der Waals surface area contributed by atoms with Crippen LogP contribution in [0.3, 0.4) is 0 Å². The molecule has 1 N–H and O–H groups in total. The third kappa shape index (κ3) is 2.85. The highest BCUT2D eigenvalue weighted by molar-refractivity contribution is 5.95. The van der Waals surface area contributed by atoms with Crippen LogP contribution in [0.5, 0.6) is 0 Å². The summed E-state index contributed by atoms with van der Waals surface area (Å²) in [7, 11) is 0. The predicted molar refractivity (Wildman–Crippen MR) is 78.9 cm³/mol. The number of Topliss-reactive ketones (excluding diaryl/α,β-unsaturated/α-hetero) is 1. The summed E-state index contributed by atoms with van der Waals surface area (Å²) in [6, 6.07) is 9.97. The molecule has 3 rings (SSSR count). The van der Waals surface area contributed by atoms with Gasteiger partial charge in [0.15, 0.2) is 11.6 Å². The fourth-order valence-corrected chi connectivity index (χ4v) is 2.09. The Morgan fingerprint density at radius 3 is 2.75 bits per heavy atom. The van der Waals surface area contributed by atoms with E-state index in [0.717, 1.165) is 17.1 Å². The lowest BCUT2D eigenvalue weighted by Gasteiger charge is -2.08. The van der Waals surface area contributed by atoms with Crippen molar-refractivity contribution in [1.29, 1.82) is 0 Å². The van der Waals surface area contributed by atoms with Gasteiger partial charge < -0.3 is 5.32 Å². The molecule has 1 saturated carbocycles. The first kappa shape index (κ1) is 12.8. The number of hydrogen-bond donors (Lipinski definition) is 1. The molecule has 20 heavy (non-hydrogen) atoms. The Labute approximate surface area is 118 Å². The quantitative estimate of drug-likeness (QED) is 0.864. The second-order valence-electron chi connectivity index (χ2n) is 5.27. The Kier molecular flexibility index (Phi) is 3.22. The molecule has 4 nitrogen and oxygen atoms in total. The zero-order chi connectivity index (χ0) is 14.1. The molecule has 0 spiro atoms. The van der Waals surface area contributed by atoms with E-state index >= 15 is 0 Å². The van der Waals surface area contributed by atoms with Gasteiger partial charge in [-0.15, -0.1) is 0 Å². The molecule has 0 aliphatic heterocycles. The van der Waals surface area contributed by atoms with Gasteiger partial charge in [-0.3, -0.25) is 4.79 Å². The fraction of sp³-hybridized carbons (Fsp3) is 0.312. The van der Waals surface area contributed by atoms with Crippen LogP contribution in [0.2, 0.25) is 0 Å². The molecule has 1 aromatic heterocycles. The van der Waals surface area contributed by atoms with Crippen molar-refractivity contribution < 1.29 is 4.79 Å². The molecular weight excluding hydrogens is 250 g/mol. The minimum Gasteiger partial charge on any atom is -0.367 e. The van der Waals surface area contributed by atoms with E-state index in [9.17, 15) is 4.79 Å². The maximum absolute atomic E-state index is 11.5. The van der Waals surface area contributed by atoms with Crippen LogP contribution in [-0.2, 0) is 0 Å². The molecule has 1 fully saturated rings. The third-order valence-electron chi connectivity index (χ3n) is 3.31.